The molecular weight excluding hydrogens is 349 g/mol. The SMILES string of the molecule is O=C(O)c1cc(C(=O)N2CCCC(c3cc4ccccc4[nH]3)C2)c(F)cn1. The van der Waals surface area contributed by atoms with Gasteiger partial charge in [0, 0.05) is 30.2 Å². The summed E-state index contributed by atoms with van der Waals surface area (Å²) in [7, 11) is 0. The number of pyridine rings is 1. The Hall–Kier alpha value is -3.22. The van der Waals surface area contributed by atoms with Crippen molar-refractivity contribution in [3.8, 4) is 0 Å². The molecular formula is C20H18FN3O3. The molecule has 6 nitrogen and oxygen atoms in total. The number of fused-ring (bicyclic) bond motifs is 1. The number of nitrogens with one attached hydrogen (secondary N) is 1. The van der Waals surface area contributed by atoms with Crippen LogP contribution in [0.3, 0.4) is 0 Å². The summed E-state index contributed by atoms with van der Waals surface area (Å²) in [5.74, 6) is -2.48. The van der Waals surface area contributed by atoms with Crippen LogP contribution in [0, 0.1) is 5.82 Å². The first-order chi connectivity index (χ1) is 13.0. The Morgan fingerprint density at radius 1 is 1.26 bits per heavy atom. The zero-order valence-corrected chi connectivity index (χ0v) is 14.5. The lowest BCUT2D eigenvalue weighted by Crippen LogP contribution is -2.39. The van der Waals surface area contributed by atoms with Crippen molar-refractivity contribution in [2.24, 2.45) is 0 Å². The number of aromatic amines is 1. The first-order valence-electron chi connectivity index (χ1n) is 8.78. The minimum atomic E-state index is -1.29. The number of rotatable bonds is 3. The molecule has 0 spiro atoms. The second-order valence-corrected chi connectivity index (χ2v) is 6.76. The fourth-order valence-electron chi connectivity index (χ4n) is 3.62. The van der Waals surface area contributed by atoms with Gasteiger partial charge in [-0.15, -0.1) is 0 Å². The van der Waals surface area contributed by atoms with Crippen molar-refractivity contribution in [2.75, 3.05) is 13.1 Å². The van der Waals surface area contributed by atoms with Crippen LogP contribution in [0.25, 0.3) is 10.9 Å². The number of likely N-dealkylation sites (tertiary alicyclic amines) is 1. The first kappa shape index (κ1) is 17.2. The Balaban J connectivity index is 1.58. The van der Waals surface area contributed by atoms with Gasteiger partial charge in [0.05, 0.1) is 11.8 Å². The quantitative estimate of drug-likeness (QED) is 0.743. The van der Waals surface area contributed by atoms with Crippen molar-refractivity contribution in [2.45, 2.75) is 18.8 Å². The maximum absolute atomic E-state index is 14.1. The van der Waals surface area contributed by atoms with Gasteiger partial charge in [-0.3, -0.25) is 4.79 Å². The highest BCUT2D eigenvalue weighted by Crippen LogP contribution is 2.30. The fraction of sp³-hybridized carbons (Fsp3) is 0.250. The van der Waals surface area contributed by atoms with E-state index in [2.05, 4.69) is 16.0 Å². The summed E-state index contributed by atoms with van der Waals surface area (Å²) in [5, 5.41) is 10.2. The number of hydrogen-bond acceptors (Lipinski definition) is 3. The van der Waals surface area contributed by atoms with Crippen LogP contribution in [0.2, 0.25) is 0 Å². The largest absolute Gasteiger partial charge is 0.477 e. The molecule has 1 fully saturated rings. The van der Waals surface area contributed by atoms with E-state index in [1.807, 2.05) is 24.3 Å². The summed E-state index contributed by atoms with van der Waals surface area (Å²) in [5.41, 5.74) is 1.50. The molecule has 1 saturated heterocycles. The molecule has 0 radical (unpaired) electrons. The number of carboxylic acids is 1. The number of benzene rings is 1. The molecule has 1 unspecified atom stereocenters. The summed E-state index contributed by atoms with van der Waals surface area (Å²) in [6.07, 6.45) is 2.51. The molecule has 1 atom stereocenters. The van der Waals surface area contributed by atoms with E-state index in [-0.39, 0.29) is 17.2 Å². The number of piperidine rings is 1. The molecule has 2 N–H and O–H groups in total. The lowest BCUT2D eigenvalue weighted by atomic mass is 9.94. The van der Waals surface area contributed by atoms with Gasteiger partial charge in [-0.05, 0) is 36.4 Å². The van der Waals surface area contributed by atoms with Crippen molar-refractivity contribution < 1.29 is 19.1 Å². The van der Waals surface area contributed by atoms with Crippen LogP contribution in [-0.2, 0) is 0 Å². The van der Waals surface area contributed by atoms with Gasteiger partial charge < -0.3 is 15.0 Å². The van der Waals surface area contributed by atoms with Crippen LogP contribution >= 0.6 is 0 Å². The lowest BCUT2D eigenvalue weighted by molar-refractivity contribution is 0.0690. The molecule has 4 rings (SSSR count). The molecule has 0 aliphatic carbocycles. The third kappa shape index (κ3) is 3.28. The standard InChI is InChI=1S/C20H18FN3O3/c21-15-10-22-18(20(26)27)9-14(15)19(25)24-7-3-5-13(11-24)17-8-12-4-1-2-6-16(12)23-17/h1-2,4,6,8-10,13,23H,3,5,7,11H2,(H,26,27). The zero-order chi connectivity index (χ0) is 19.0. The minimum Gasteiger partial charge on any atom is -0.477 e. The van der Waals surface area contributed by atoms with Crippen LogP contribution in [0.1, 0.15) is 45.3 Å². The number of carbonyl (C=O) groups is 2. The van der Waals surface area contributed by atoms with Gasteiger partial charge in [-0.25, -0.2) is 14.2 Å². The number of carboxylic acid groups (broad SMARTS) is 1. The summed E-state index contributed by atoms with van der Waals surface area (Å²) >= 11 is 0. The molecule has 0 bridgehead atoms. The van der Waals surface area contributed by atoms with Crippen molar-refractivity contribution in [3.63, 3.8) is 0 Å². The van der Waals surface area contributed by atoms with Gasteiger partial charge in [0.15, 0.2) is 5.82 Å². The molecule has 27 heavy (non-hydrogen) atoms. The Morgan fingerprint density at radius 2 is 2.07 bits per heavy atom. The second kappa shape index (κ2) is 6.83. The number of amides is 1. The Labute approximate surface area is 154 Å². The van der Waals surface area contributed by atoms with Crippen molar-refractivity contribution >= 4 is 22.8 Å². The number of nitrogens with zero attached hydrogens (tertiary/aromatic N) is 2. The van der Waals surface area contributed by atoms with Gasteiger partial charge in [-0.1, -0.05) is 18.2 Å². The van der Waals surface area contributed by atoms with E-state index < -0.39 is 17.7 Å². The van der Waals surface area contributed by atoms with Gasteiger partial charge in [0.1, 0.15) is 5.69 Å². The smallest absolute Gasteiger partial charge is 0.354 e. The molecule has 1 amide bonds. The van der Waals surface area contributed by atoms with E-state index in [4.69, 9.17) is 5.11 Å². The molecule has 3 heterocycles. The fourth-order valence-corrected chi connectivity index (χ4v) is 3.62. The number of carbonyl (C=O) groups excluding carboxylic acids is 1. The van der Waals surface area contributed by atoms with Crippen molar-refractivity contribution in [1.29, 1.82) is 0 Å². The van der Waals surface area contributed by atoms with E-state index in [9.17, 15) is 14.0 Å². The summed E-state index contributed by atoms with van der Waals surface area (Å²) < 4.78 is 14.1. The van der Waals surface area contributed by atoms with E-state index in [0.29, 0.717) is 13.1 Å². The van der Waals surface area contributed by atoms with Gasteiger partial charge >= 0.3 is 5.97 Å². The van der Waals surface area contributed by atoms with Crippen LogP contribution in [0.4, 0.5) is 4.39 Å². The lowest BCUT2D eigenvalue weighted by Gasteiger charge is -2.32. The van der Waals surface area contributed by atoms with Crippen LogP contribution < -0.4 is 0 Å². The molecule has 0 saturated carbocycles. The number of hydrogen-bond donors (Lipinski definition) is 2. The molecule has 138 valence electrons. The predicted molar refractivity (Wildman–Crippen MR) is 97.3 cm³/mol. The van der Waals surface area contributed by atoms with E-state index in [0.717, 1.165) is 41.7 Å². The molecule has 2 aromatic heterocycles. The molecule has 1 aliphatic heterocycles. The Morgan fingerprint density at radius 3 is 2.85 bits per heavy atom. The van der Waals surface area contributed by atoms with Crippen LogP contribution in [0.5, 0.6) is 0 Å². The number of para-hydroxylation sites is 1. The monoisotopic (exact) mass is 367 g/mol. The number of aromatic carboxylic acids is 1. The molecule has 1 aliphatic rings. The van der Waals surface area contributed by atoms with Gasteiger partial charge in [0.25, 0.3) is 5.91 Å². The van der Waals surface area contributed by atoms with Crippen LogP contribution in [-0.4, -0.2) is 44.9 Å². The minimum absolute atomic E-state index is 0.124. The highest BCUT2D eigenvalue weighted by Gasteiger charge is 2.28. The molecule has 7 heteroatoms. The van der Waals surface area contributed by atoms with Gasteiger partial charge in [0.2, 0.25) is 0 Å². The van der Waals surface area contributed by atoms with Crippen molar-refractivity contribution in [3.05, 3.63) is 65.4 Å². The van der Waals surface area contributed by atoms with Gasteiger partial charge in [-0.2, -0.15) is 0 Å². The first-order valence-corrected chi connectivity index (χ1v) is 8.78. The topological polar surface area (TPSA) is 86.3 Å². The third-order valence-electron chi connectivity index (χ3n) is 5.00. The Kier molecular flexibility index (Phi) is 4.35. The van der Waals surface area contributed by atoms with Crippen LogP contribution in [0.15, 0.2) is 42.6 Å². The summed E-state index contributed by atoms with van der Waals surface area (Å²) in [6, 6.07) is 11.1. The number of aromatic nitrogens is 2. The average Bonchev–Trinajstić information content (AvgIpc) is 3.12. The van der Waals surface area contributed by atoms with E-state index >= 15 is 0 Å². The highest BCUT2D eigenvalue weighted by molar-refractivity contribution is 5.97. The third-order valence-corrected chi connectivity index (χ3v) is 5.00. The normalized spacial score (nSPS) is 17.2. The zero-order valence-electron chi connectivity index (χ0n) is 14.5. The summed E-state index contributed by atoms with van der Waals surface area (Å²) in [6.45, 7) is 0.968. The van der Waals surface area contributed by atoms with E-state index in [1.54, 1.807) is 4.90 Å². The Bertz CT molecular complexity index is 997. The maximum atomic E-state index is 14.1. The summed E-state index contributed by atoms with van der Waals surface area (Å²) in [4.78, 5) is 32.4. The van der Waals surface area contributed by atoms with E-state index in [1.165, 1.54) is 0 Å². The average molecular weight is 367 g/mol. The number of H-pyrrole nitrogens is 1. The molecule has 1 aromatic carbocycles. The highest BCUT2D eigenvalue weighted by atomic mass is 19.1. The predicted octanol–water partition coefficient (Wildman–Crippen LogP) is 3.42. The second-order valence-electron chi connectivity index (χ2n) is 6.76. The molecule has 3 aromatic rings. The number of halogens is 1. The maximum Gasteiger partial charge on any atom is 0.354 e. The van der Waals surface area contributed by atoms with Crippen molar-refractivity contribution in [1.82, 2.24) is 14.9 Å².